The molecule has 2 aromatic carbocycles. The molecule has 0 unspecified atom stereocenters. The monoisotopic (exact) mass is 506 g/mol. The summed E-state index contributed by atoms with van der Waals surface area (Å²) >= 11 is 1.11. The molecular formula is C28H30N2O5S. The molecule has 2 amide bonds. The van der Waals surface area contributed by atoms with Gasteiger partial charge >= 0.3 is 5.97 Å². The summed E-state index contributed by atoms with van der Waals surface area (Å²) in [7, 11) is 0. The Morgan fingerprint density at radius 1 is 1.00 bits per heavy atom. The molecule has 0 fully saturated rings. The van der Waals surface area contributed by atoms with Gasteiger partial charge in [0.05, 0.1) is 22.5 Å². The molecule has 1 N–H and O–H groups in total. The molecule has 188 valence electrons. The number of nitrogens with one attached hydrogen (secondary N) is 1. The quantitative estimate of drug-likeness (QED) is 0.399. The number of hydrogen-bond acceptors (Lipinski definition) is 6. The SMILES string of the molecule is CCN(CC)C(=O)c1sc(NC(=O)C2c3ccccc3Oc3ccccc32)c(C(=O)OC(C)C)c1C. The average molecular weight is 507 g/mol. The second-order valence-electron chi connectivity index (χ2n) is 8.79. The summed E-state index contributed by atoms with van der Waals surface area (Å²) in [5.74, 6) is -0.501. The smallest absolute Gasteiger partial charge is 0.341 e. The predicted molar refractivity (Wildman–Crippen MR) is 140 cm³/mol. The Labute approximate surface area is 215 Å². The normalized spacial score (nSPS) is 12.4. The minimum Gasteiger partial charge on any atom is -0.459 e. The van der Waals surface area contributed by atoms with Gasteiger partial charge in [0.15, 0.2) is 0 Å². The van der Waals surface area contributed by atoms with E-state index in [1.165, 1.54) is 0 Å². The van der Waals surface area contributed by atoms with Crippen LogP contribution in [0.1, 0.15) is 70.3 Å². The molecule has 4 rings (SSSR count). The highest BCUT2D eigenvalue weighted by Crippen LogP contribution is 2.45. The molecule has 0 atom stereocenters. The average Bonchev–Trinajstić information content (AvgIpc) is 3.18. The van der Waals surface area contributed by atoms with Crippen molar-refractivity contribution < 1.29 is 23.9 Å². The summed E-state index contributed by atoms with van der Waals surface area (Å²) in [6.07, 6.45) is -0.350. The van der Waals surface area contributed by atoms with E-state index in [9.17, 15) is 14.4 Å². The van der Waals surface area contributed by atoms with Crippen LogP contribution in [-0.4, -0.2) is 41.9 Å². The summed E-state index contributed by atoms with van der Waals surface area (Å²) in [5.41, 5.74) is 2.18. The number of rotatable bonds is 7. The van der Waals surface area contributed by atoms with Gasteiger partial charge in [-0.1, -0.05) is 36.4 Å². The highest BCUT2D eigenvalue weighted by molar-refractivity contribution is 7.18. The predicted octanol–water partition coefficient (Wildman–Crippen LogP) is 5.98. The Kier molecular flexibility index (Phi) is 7.45. The molecule has 3 aromatic rings. The van der Waals surface area contributed by atoms with E-state index in [0.29, 0.717) is 40.0 Å². The van der Waals surface area contributed by atoms with E-state index in [0.717, 1.165) is 22.5 Å². The van der Waals surface area contributed by atoms with E-state index in [2.05, 4.69) is 5.32 Å². The molecule has 1 aromatic heterocycles. The first-order valence-corrected chi connectivity index (χ1v) is 12.9. The Morgan fingerprint density at radius 3 is 2.08 bits per heavy atom. The van der Waals surface area contributed by atoms with Crippen molar-refractivity contribution in [1.29, 1.82) is 0 Å². The fourth-order valence-corrected chi connectivity index (χ4v) is 5.52. The number of thiophene rings is 1. The van der Waals surface area contributed by atoms with Crippen LogP contribution in [-0.2, 0) is 9.53 Å². The topological polar surface area (TPSA) is 84.9 Å². The number of esters is 1. The highest BCUT2D eigenvalue weighted by Gasteiger charge is 2.35. The van der Waals surface area contributed by atoms with Crippen molar-refractivity contribution in [2.75, 3.05) is 18.4 Å². The summed E-state index contributed by atoms with van der Waals surface area (Å²) in [5, 5.41) is 3.27. The third-order valence-corrected chi connectivity index (χ3v) is 7.31. The van der Waals surface area contributed by atoms with Gasteiger partial charge in [-0.2, -0.15) is 0 Å². The number of amides is 2. The maximum atomic E-state index is 13.8. The Bertz CT molecular complexity index is 1260. The summed E-state index contributed by atoms with van der Waals surface area (Å²) in [4.78, 5) is 42.2. The Balaban J connectivity index is 1.77. The van der Waals surface area contributed by atoms with Gasteiger partial charge in [-0.15, -0.1) is 11.3 Å². The molecule has 7 nitrogen and oxygen atoms in total. The summed E-state index contributed by atoms with van der Waals surface area (Å²) in [6.45, 7) is 10.1. The van der Waals surface area contributed by atoms with Crippen LogP contribution in [0.5, 0.6) is 11.5 Å². The maximum absolute atomic E-state index is 13.8. The third-order valence-electron chi connectivity index (χ3n) is 6.12. The second-order valence-corrected chi connectivity index (χ2v) is 9.81. The zero-order chi connectivity index (χ0) is 26.0. The van der Waals surface area contributed by atoms with Crippen molar-refractivity contribution >= 4 is 34.1 Å². The standard InChI is InChI=1S/C28H30N2O5S/c1-6-30(7-2)27(32)24-17(5)22(28(33)34-16(3)4)26(36-24)29-25(31)23-18-12-8-10-14-20(18)35-21-15-11-9-13-19(21)23/h8-16,23H,6-7H2,1-5H3,(H,29,31). The lowest BCUT2D eigenvalue weighted by Crippen LogP contribution is -2.30. The van der Waals surface area contributed by atoms with Gasteiger partial charge < -0.3 is 19.7 Å². The first-order chi connectivity index (χ1) is 17.3. The molecule has 0 spiro atoms. The van der Waals surface area contributed by atoms with Crippen molar-refractivity contribution in [3.05, 3.63) is 75.7 Å². The summed E-state index contributed by atoms with van der Waals surface area (Å²) < 4.78 is 11.5. The number of benzene rings is 2. The van der Waals surface area contributed by atoms with Crippen molar-refractivity contribution in [3.63, 3.8) is 0 Å². The summed E-state index contributed by atoms with van der Waals surface area (Å²) in [6, 6.07) is 14.8. The van der Waals surface area contributed by atoms with Gasteiger partial charge in [0.25, 0.3) is 5.91 Å². The van der Waals surface area contributed by atoms with Crippen molar-refractivity contribution in [3.8, 4) is 11.5 Å². The molecule has 0 bridgehead atoms. The molecule has 1 aliphatic rings. The van der Waals surface area contributed by atoms with Crippen LogP contribution in [0.15, 0.2) is 48.5 Å². The molecule has 0 saturated heterocycles. The van der Waals surface area contributed by atoms with Crippen LogP contribution in [0, 0.1) is 6.92 Å². The Morgan fingerprint density at radius 2 is 1.56 bits per heavy atom. The first-order valence-electron chi connectivity index (χ1n) is 12.1. The van der Waals surface area contributed by atoms with E-state index >= 15 is 0 Å². The van der Waals surface area contributed by atoms with E-state index in [4.69, 9.17) is 9.47 Å². The number of carbonyl (C=O) groups is 3. The van der Waals surface area contributed by atoms with Gasteiger partial charge in [-0.05, 0) is 52.3 Å². The molecule has 0 radical (unpaired) electrons. The van der Waals surface area contributed by atoms with Gasteiger partial charge in [0.2, 0.25) is 5.91 Å². The number of hydrogen-bond donors (Lipinski definition) is 1. The fourth-order valence-electron chi connectivity index (χ4n) is 4.36. The van der Waals surface area contributed by atoms with E-state index < -0.39 is 11.9 Å². The van der Waals surface area contributed by atoms with Crippen molar-refractivity contribution in [2.24, 2.45) is 0 Å². The van der Waals surface area contributed by atoms with Crippen molar-refractivity contribution in [1.82, 2.24) is 4.90 Å². The van der Waals surface area contributed by atoms with Crippen LogP contribution in [0.3, 0.4) is 0 Å². The number of ether oxygens (including phenoxy) is 2. The molecule has 2 heterocycles. The molecule has 0 aliphatic carbocycles. The van der Waals surface area contributed by atoms with Crippen LogP contribution < -0.4 is 10.1 Å². The molecule has 36 heavy (non-hydrogen) atoms. The largest absolute Gasteiger partial charge is 0.459 e. The molecule has 1 aliphatic heterocycles. The minimum absolute atomic E-state index is 0.177. The lowest BCUT2D eigenvalue weighted by molar-refractivity contribution is -0.116. The minimum atomic E-state index is -0.649. The molecule has 8 heteroatoms. The number of para-hydroxylation sites is 2. The zero-order valence-electron chi connectivity index (χ0n) is 21.1. The van der Waals surface area contributed by atoms with Crippen LogP contribution in [0.25, 0.3) is 0 Å². The molecule has 0 saturated carbocycles. The van der Waals surface area contributed by atoms with Gasteiger partial charge in [0.1, 0.15) is 16.5 Å². The fraction of sp³-hybridized carbons (Fsp3) is 0.321. The van der Waals surface area contributed by atoms with Crippen LogP contribution in [0.2, 0.25) is 0 Å². The van der Waals surface area contributed by atoms with Gasteiger partial charge in [-0.3, -0.25) is 9.59 Å². The number of carbonyl (C=O) groups excluding carboxylic acids is 3. The second kappa shape index (κ2) is 10.5. The van der Waals surface area contributed by atoms with Crippen molar-refractivity contribution in [2.45, 2.75) is 46.6 Å². The van der Waals surface area contributed by atoms with Crippen LogP contribution >= 0.6 is 11.3 Å². The number of anilines is 1. The zero-order valence-corrected chi connectivity index (χ0v) is 21.9. The third kappa shape index (κ3) is 4.73. The van der Waals surface area contributed by atoms with E-state index in [-0.39, 0.29) is 23.5 Å². The maximum Gasteiger partial charge on any atom is 0.341 e. The lowest BCUT2D eigenvalue weighted by atomic mass is 9.87. The number of fused-ring (bicyclic) bond motifs is 2. The highest BCUT2D eigenvalue weighted by atomic mass is 32.1. The first kappa shape index (κ1) is 25.4. The number of nitrogens with zero attached hydrogens (tertiary/aromatic N) is 1. The van der Waals surface area contributed by atoms with E-state index in [1.54, 1.807) is 25.7 Å². The lowest BCUT2D eigenvalue weighted by Gasteiger charge is -2.27. The Hall–Kier alpha value is -3.65. The van der Waals surface area contributed by atoms with Gasteiger partial charge in [0, 0.05) is 24.2 Å². The van der Waals surface area contributed by atoms with Crippen LogP contribution in [0.4, 0.5) is 5.00 Å². The molecular weight excluding hydrogens is 476 g/mol. The van der Waals surface area contributed by atoms with Gasteiger partial charge in [-0.25, -0.2) is 4.79 Å². The van der Waals surface area contributed by atoms with E-state index in [1.807, 2.05) is 62.4 Å².